The first-order valence-electron chi connectivity index (χ1n) is 4.30. The minimum Gasteiger partial charge on any atom is -0.504 e. The highest BCUT2D eigenvalue weighted by molar-refractivity contribution is 5.53. The van der Waals surface area contributed by atoms with Gasteiger partial charge in [0.1, 0.15) is 0 Å². The van der Waals surface area contributed by atoms with E-state index in [0.717, 1.165) is 5.56 Å². The monoisotopic (exact) mass is 197 g/mol. The average molecular weight is 197 g/mol. The van der Waals surface area contributed by atoms with Crippen molar-refractivity contribution in [1.82, 2.24) is 0 Å². The Hall–Kier alpha value is -1.42. The molecule has 1 unspecified atom stereocenters. The zero-order chi connectivity index (χ0) is 10.7. The van der Waals surface area contributed by atoms with Gasteiger partial charge < -0.3 is 20.3 Å². The van der Waals surface area contributed by atoms with Gasteiger partial charge in [-0.25, -0.2) is 0 Å². The second-order valence-corrected chi connectivity index (χ2v) is 3.06. The summed E-state index contributed by atoms with van der Waals surface area (Å²) < 4.78 is 10.1. The van der Waals surface area contributed by atoms with E-state index in [4.69, 9.17) is 15.2 Å². The molecule has 1 aromatic carbocycles. The van der Waals surface area contributed by atoms with E-state index in [1.807, 2.05) is 6.92 Å². The number of hydrogen-bond acceptors (Lipinski definition) is 4. The lowest BCUT2D eigenvalue weighted by atomic mass is 10.1. The van der Waals surface area contributed by atoms with E-state index in [-0.39, 0.29) is 11.8 Å². The van der Waals surface area contributed by atoms with Crippen molar-refractivity contribution in [1.29, 1.82) is 0 Å². The first kappa shape index (κ1) is 10.7. The molecule has 0 amide bonds. The van der Waals surface area contributed by atoms with Crippen LogP contribution in [0.1, 0.15) is 18.5 Å². The van der Waals surface area contributed by atoms with Gasteiger partial charge in [-0.05, 0) is 24.6 Å². The third kappa shape index (κ3) is 1.90. The first-order chi connectivity index (χ1) is 6.60. The van der Waals surface area contributed by atoms with Gasteiger partial charge in [0.05, 0.1) is 14.2 Å². The van der Waals surface area contributed by atoms with Crippen molar-refractivity contribution in [3.8, 4) is 17.2 Å². The molecule has 0 saturated carbocycles. The zero-order valence-corrected chi connectivity index (χ0v) is 8.57. The van der Waals surface area contributed by atoms with Crippen LogP contribution in [0.3, 0.4) is 0 Å². The average Bonchev–Trinajstić information content (AvgIpc) is 2.16. The normalized spacial score (nSPS) is 12.3. The van der Waals surface area contributed by atoms with Crippen molar-refractivity contribution in [2.24, 2.45) is 5.73 Å². The van der Waals surface area contributed by atoms with E-state index in [9.17, 15) is 5.11 Å². The first-order valence-corrected chi connectivity index (χ1v) is 4.30. The minimum atomic E-state index is -0.152. The molecule has 0 heterocycles. The highest BCUT2D eigenvalue weighted by atomic mass is 16.5. The molecule has 14 heavy (non-hydrogen) atoms. The quantitative estimate of drug-likeness (QED) is 0.769. The van der Waals surface area contributed by atoms with Crippen LogP contribution in [-0.4, -0.2) is 19.3 Å². The summed E-state index contributed by atoms with van der Waals surface area (Å²) in [4.78, 5) is 0. The maximum atomic E-state index is 9.59. The highest BCUT2D eigenvalue weighted by Crippen LogP contribution is 2.38. The third-order valence-corrected chi connectivity index (χ3v) is 2.01. The number of methoxy groups -OCH3 is 2. The number of aromatic hydroxyl groups is 1. The summed E-state index contributed by atoms with van der Waals surface area (Å²) >= 11 is 0. The van der Waals surface area contributed by atoms with Crippen molar-refractivity contribution in [2.45, 2.75) is 13.0 Å². The maximum Gasteiger partial charge on any atom is 0.203 e. The van der Waals surface area contributed by atoms with Crippen molar-refractivity contribution < 1.29 is 14.6 Å². The molecule has 4 heteroatoms. The van der Waals surface area contributed by atoms with E-state index in [2.05, 4.69) is 0 Å². The van der Waals surface area contributed by atoms with E-state index >= 15 is 0 Å². The second-order valence-electron chi connectivity index (χ2n) is 3.06. The van der Waals surface area contributed by atoms with Crippen LogP contribution in [0, 0.1) is 0 Å². The Balaban J connectivity index is 3.24. The second kappa shape index (κ2) is 4.19. The molecule has 0 saturated heterocycles. The fraction of sp³-hybridized carbons (Fsp3) is 0.400. The van der Waals surface area contributed by atoms with Crippen molar-refractivity contribution in [3.63, 3.8) is 0 Å². The van der Waals surface area contributed by atoms with Crippen LogP contribution in [0.25, 0.3) is 0 Å². The van der Waals surface area contributed by atoms with E-state index in [1.54, 1.807) is 12.1 Å². The Morgan fingerprint density at radius 2 is 1.93 bits per heavy atom. The predicted molar refractivity (Wildman–Crippen MR) is 53.8 cm³/mol. The molecule has 0 aliphatic rings. The molecule has 0 bridgehead atoms. The molecule has 4 nitrogen and oxygen atoms in total. The van der Waals surface area contributed by atoms with Crippen LogP contribution in [0.15, 0.2) is 12.1 Å². The molecule has 3 N–H and O–H groups in total. The number of phenolic OH excluding ortho intramolecular Hbond substituents is 1. The van der Waals surface area contributed by atoms with Gasteiger partial charge in [-0.1, -0.05) is 0 Å². The van der Waals surface area contributed by atoms with E-state index in [0.29, 0.717) is 11.5 Å². The summed E-state index contributed by atoms with van der Waals surface area (Å²) in [6.45, 7) is 1.83. The Morgan fingerprint density at radius 3 is 2.36 bits per heavy atom. The van der Waals surface area contributed by atoms with Gasteiger partial charge in [-0.15, -0.1) is 0 Å². The summed E-state index contributed by atoms with van der Waals surface area (Å²) in [6, 6.07) is 3.18. The molecule has 0 aliphatic carbocycles. The number of phenols is 1. The third-order valence-electron chi connectivity index (χ3n) is 2.01. The van der Waals surface area contributed by atoms with Gasteiger partial charge in [0, 0.05) is 6.04 Å². The molecular weight excluding hydrogens is 182 g/mol. The molecule has 1 rings (SSSR count). The van der Waals surface area contributed by atoms with Crippen LogP contribution in [-0.2, 0) is 0 Å². The van der Waals surface area contributed by atoms with Crippen LogP contribution >= 0.6 is 0 Å². The molecule has 78 valence electrons. The number of ether oxygens (including phenoxy) is 2. The van der Waals surface area contributed by atoms with Gasteiger partial charge in [-0.2, -0.15) is 0 Å². The summed E-state index contributed by atoms with van der Waals surface area (Å²) in [7, 11) is 2.99. The SMILES string of the molecule is COc1cc(C(C)N)cc(O)c1OC. The molecule has 1 aromatic rings. The van der Waals surface area contributed by atoms with Gasteiger partial charge in [-0.3, -0.25) is 0 Å². The number of nitrogens with two attached hydrogens (primary N) is 1. The lowest BCUT2D eigenvalue weighted by Gasteiger charge is -2.13. The largest absolute Gasteiger partial charge is 0.504 e. The minimum absolute atomic E-state index is 0.0409. The molecule has 0 fully saturated rings. The molecule has 0 aromatic heterocycles. The van der Waals surface area contributed by atoms with Gasteiger partial charge in [0.15, 0.2) is 11.5 Å². The zero-order valence-electron chi connectivity index (χ0n) is 8.57. The lowest BCUT2D eigenvalue weighted by molar-refractivity contribution is 0.332. The molecule has 1 atom stereocenters. The maximum absolute atomic E-state index is 9.59. The summed E-state index contributed by atoms with van der Waals surface area (Å²) in [5.74, 6) is 0.857. The van der Waals surface area contributed by atoms with Gasteiger partial charge in [0.25, 0.3) is 0 Å². The van der Waals surface area contributed by atoms with Crippen molar-refractivity contribution in [2.75, 3.05) is 14.2 Å². The standard InChI is InChI=1S/C10H15NO3/c1-6(11)7-4-8(12)10(14-3)9(5-7)13-2/h4-6,12H,11H2,1-3H3. The Bertz CT molecular complexity index is 323. The molecular formula is C10H15NO3. The summed E-state index contributed by atoms with van der Waals surface area (Å²) in [6.07, 6.45) is 0. The van der Waals surface area contributed by atoms with Crippen LogP contribution in [0.5, 0.6) is 17.2 Å². The highest BCUT2D eigenvalue weighted by Gasteiger charge is 2.12. The van der Waals surface area contributed by atoms with Crippen molar-refractivity contribution in [3.05, 3.63) is 17.7 Å². The van der Waals surface area contributed by atoms with Crippen LogP contribution in [0.2, 0.25) is 0 Å². The number of rotatable bonds is 3. The number of hydrogen-bond donors (Lipinski definition) is 2. The van der Waals surface area contributed by atoms with Gasteiger partial charge in [0.2, 0.25) is 5.75 Å². The van der Waals surface area contributed by atoms with E-state index in [1.165, 1.54) is 14.2 Å². The lowest BCUT2D eigenvalue weighted by Crippen LogP contribution is -2.05. The Labute approximate surface area is 83.3 Å². The van der Waals surface area contributed by atoms with Crippen LogP contribution in [0.4, 0.5) is 0 Å². The molecule has 0 radical (unpaired) electrons. The van der Waals surface area contributed by atoms with Crippen molar-refractivity contribution >= 4 is 0 Å². The molecule has 0 aliphatic heterocycles. The molecule has 0 spiro atoms. The smallest absolute Gasteiger partial charge is 0.203 e. The predicted octanol–water partition coefficient (Wildman–Crippen LogP) is 1.43. The van der Waals surface area contributed by atoms with Crippen LogP contribution < -0.4 is 15.2 Å². The summed E-state index contributed by atoms with van der Waals surface area (Å²) in [5, 5.41) is 9.59. The summed E-state index contributed by atoms with van der Waals surface area (Å²) in [5.41, 5.74) is 6.50. The van der Waals surface area contributed by atoms with E-state index < -0.39 is 0 Å². The fourth-order valence-corrected chi connectivity index (χ4v) is 1.23. The topological polar surface area (TPSA) is 64.7 Å². The fourth-order valence-electron chi connectivity index (χ4n) is 1.23. The Morgan fingerprint density at radius 1 is 1.29 bits per heavy atom. The Kier molecular flexibility index (Phi) is 3.19. The van der Waals surface area contributed by atoms with Gasteiger partial charge >= 0.3 is 0 Å². The number of benzene rings is 1.